The average Bonchev–Trinajstić information content (AvgIpc) is 3.23. The monoisotopic (exact) mass is 405 g/mol. The van der Waals surface area contributed by atoms with Gasteiger partial charge < -0.3 is 9.72 Å². The summed E-state index contributed by atoms with van der Waals surface area (Å²) in [5.74, 6) is 1.16. The van der Waals surface area contributed by atoms with Crippen molar-refractivity contribution in [2.75, 3.05) is 13.1 Å². The van der Waals surface area contributed by atoms with Crippen molar-refractivity contribution in [2.24, 2.45) is 5.41 Å². The van der Waals surface area contributed by atoms with E-state index in [1.165, 1.54) is 25.7 Å². The topological polar surface area (TPSA) is 62.6 Å². The molecular formula is C24H29N4O2+. The Bertz CT molecular complexity index is 1020. The molecule has 0 aromatic carbocycles. The number of ether oxygens (including phenoxy) is 1. The SMILES string of the molecule is C#[N+]Cc1ccc(OC2CN(C3CC34CC[C@@H](c3ccc(CC)c(=O)[nH]3)C4)C2)nc1. The van der Waals surface area contributed by atoms with Crippen molar-refractivity contribution < 1.29 is 4.74 Å². The third-order valence-corrected chi connectivity index (χ3v) is 7.30. The fourth-order valence-electron chi connectivity index (χ4n) is 5.44. The largest absolute Gasteiger partial charge is 0.472 e. The smallest absolute Gasteiger partial charge is 0.289 e. The predicted molar refractivity (Wildman–Crippen MR) is 116 cm³/mol. The minimum absolute atomic E-state index is 0.0881. The van der Waals surface area contributed by atoms with Crippen LogP contribution in [-0.4, -0.2) is 40.1 Å². The molecule has 0 amide bonds. The molecule has 1 spiro atoms. The van der Waals surface area contributed by atoms with Crippen molar-refractivity contribution in [3.8, 4) is 12.5 Å². The maximum atomic E-state index is 12.2. The Hall–Kier alpha value is -2.65. The van der Waals surface area contributed by atoms with Gasteiger partial charge in [0.2, 0.25) is 5.88 Å². The maximum Gasteiger partial charge on any atom is 0.289 e. The lowest BCUT2D eigenvalue weighted by molar-refractivity contribution is 0.00294. The molecule has 0 radical (unpaired) electrons. The summed E-state index contributed by atoms with van der Waals surface area (Å²) in [6.45, 7) is 9.66. The number of nitrogens with one attached hydrogen (secondary N) is 1. The van der Waals surface area contributed by atoms with E-state index in [9.17, 15) is 4.79 Å². The van der Waals surface area contributed by atoms with Crippen LogP contribution < -0.4 is 10.3 Å². The van der Waals surface area contributed by atoms with Crippen LogP contribution in [0.2, 0.25) is 0 Å². The Kier molecular flexibility index (Phi) is 4.86. The molecule has 2 saturated carbocycles. The van der Waals surface area contributed by atoms with Gasteiger partial charge in [-0.2, -0.15) is 0 Å². The first kappa shape index (κ1) is 19.3. The number of aromatic amines is 1. The van der Waals surface area contributed by atoms with Crippen molar-refractivity contribution in [1.29, 1.82) is 0 Å². The number of hydrogen-bond donors (Lipinski definition) is 1. The van der Waals surface area contributed by atoms with Crippen LogP contribution in [-0.2, 0) is 13.0 Å². The van der Waals surface area contributed by atoms with Crippen LogP contribution in [0.1, 0.15) is 55.3 Å². The Morgan fingerprint density at radius 2 is 2.17 bits per heavy atom. The van der Waals surface area contributed by atoms with Gasteiger partial charge in [-0.05, 0) is 55.6 Å². The van der Waals surface area contributed by atoms with E-state index in [2.05, 4.69) is 25.8 Å². The molecule has 30 heavy (non-hydrogen) atoms. The first-order valence-electron chi connectivity index (χ1n) is 11.0. The lowest BCUT2D eigenvalue weighted by Gasteiger charge is -2.40. The van der Waals surface area contributed by atoms with Gasteiger partial charge in [-0.25, -0.2) is 4.98 Å². The maximum absolute atomic E-state index is 12.2. The Labute approximate surface area is 177 Å². The summed E-state index contributed by atoms with van der Waals surface area (Å²) in [6.07, 6.45) is 7.69. The van der Waals surface area contributed by atoms with E-state index in [0.717, 1.165) is 36.3 Å². The molecule has 3 atom stereocenters. The van der Waals surface area contributed by atoms with Crippen molar-refractivity contribution in [1.82, 2.24) is 14.9 Å². The van der Waals surface area contributed by atoms with E-state index >= 15 is 0 Å². The molecule has 6 heteroatoms. The van der Waals surface area contributed by atoms with Gasteiger partial charge in [0.05, 0.1) is 5.56 Å². The molecule has 2 aromatic heterocycles. The standard InChI is InChI=1S/C24H28N4O2/c1-3-17-5-6-20(27-23(17)29)18-8-9-24(10-18)11-21(24)28-14-19(15-28)30-22-7-4-16(12-25-2)13-26-22/h2,4-7,13,18-19,21H,3,8-12,14-15H2,1H3/p+1/t18-,21?,24?/m1/s1. The minimum atomic E-state index is 0.0881. The number of nitrogens with zero attached hydrogens (tertiary/aromatic N) is 3. The van der Waals surface area contributed by atoms with E-state index in [4.69, 9.17) is 11.3 Å². The fraction of sp³-hybridized carbons (Fsp3) is 0.542. The van der Waals surface area contributed by atoms with Crippen LogP contribution >= 0.6 is 0 Å². The highest BCUT2D eigenvalue weighted by molar-refractivity contribution is 5.24. The molecule has 2 aliphatic carbocycles. The molecule has 5 rings (SSSR count). The zero-order valence-electron chi connectivity index (χ0n) is 17.5. The molecular weight excluding hydrogens is 376 g/mol. The third-order valence-electron chi connectivity index (χ3n) is 7.30. The number of H-pyrrole nitrogens is 1. The highest BCUT2D eigenvalue weighted by atomic mass is 16.5. The summed E-state index contributed by atoms with van der Waals surface area (Å²) in [5.41, 5.74) is 3.52. The first-order valence-corrected chi connectivity index (χ1v) is 11.0. The van der Waals surface area contributed by atoms with Crippen molar-refractivity contribution in [2.45, 2.75) is 63.6 Å². The summed E-state index contributed by atoms with van der Waals surface area (Å²) in [5, 5.41) is 0. The Balaban J connectivity index is 1.13. The van der Waals surface area contributed by atoms with Crippen LogP contribution in [0.15, 0.2) is 35.3 Å². The molecule has 6 nitrogen and oxygen atoms in total. The van der Waals surface area contributed by atoms with Crippen molar-refractivity contribution in [3.63, 3.8) is 0 Å². The summed E-state index contributed by atoms with van der Waals surface area (Å²) in [4.78, 5) is 25.9. The molecule has 3 aliphatic rings. The molecule has 2 aromatic rings. The number of rotatable bonds is 6. The summed E-state index contributed by atoms with van der Waals surface area (Å²) >= 11 is 0. The normalized spacial score (nSPS) is 28.3. The first-order chi connectivity index (χ1) is 14.6. The number of hydrogen-bond acceptors (Lipinski definition) is 4. The van der Waals surface area contributed by atoms with Gasteiger partial charge in [0.25, 0.3) is 18.7 Å². The molecule has 2 unspecified atom stereocenters. The average molecular weight is 406 g/mol. The molecule has 1 aliphatic heterocycles. The summed E-state index contributed by atoms with van der Waals surface area (Å²) < 4.78 is 6.01. The van der Waals surface area contributed by atoms with E-state index in [1.54, 1.807) is 6.20 Å². The highest BCUT2D eigenvalue weighted by Gasteiger charge is 2.61. The van der Waals surface area contributed by atoms with E-state index < -0.39 is 0 Å². The molecule has 156 valence electrons. The van der Waals surface area contributed by atoms with E-state index in [0.29, 0.717) is 29.8 Å². The third kappa shape index (κ3) is 3.52. The predicted octanol–water partition coefficient (Wildman–Crippen LogP) is 3.58. The van der Waals surface area contributed by atoms with Gasteiger partial charge in [0, 0.05) is 42.7 Å². The highest BCUT2D eigenvalue weighted by Crippen LogP contribution is 2.64. The van der Waals surface area contributed by atoms with Gasteiger partial charge >= 0.3 is 0 Å². The van der Waals surface area contributed by atoms with Crippen molar-refractivity contribution >= 4 is 0 Å². The second kappa shape index (κ2) is 7.55. The van der Waals surface area contributed by atoms with Crippen LogP contribution in [0.5, 0.6) is 5.88 Å². The van der Waals surface area contributed by atoms with Gasteiger partial charge in [-0.1, -0.05) is 17.8 Å². The van der Waals surface area contributed by atoms with Crippen LogP contribution in [0.25, 0.3) is 4.85 Å². The van der Waals surface area contributed by atoms with E-state index in [1.807, 2.05) is 25.1 Å². The molecule has 1 N–H and O–H groups in total. The lowest BCUT2D eigenvalue weighted by Crippen LogP contribution is -2.55. The van der Waals surface area contributed by atoms with Crippen LogP contribution in [0.3, 0.4) is 0 Å². The number of likely N-dealkylation sites (tertiary alicyclic amines) is 1. The molecule has 3 fully saturated rings. The second-order valence-electron chi connectivity index (χ2n) is 9.18. The zero-order chi connectivity index (χ0) is 20.7. The second-order valence-corrected chi connectivity index (χ2v) is 9.18. The number of aromatic nitrogens is 2. The fourth-order valence-corrected chi connectivity index (χ4v) is 5.44. The van der Waals surface area contributed by atoms with Gasteiger partial charge in [-0.15, -0.1) is 0 Å². The van der Waals surface area contributed by atoms with Crippen LogP contribution in [0, 0.1) is 12.0 Å². The van der Waals surface area contributed by atoms with Crippen molar-refractivity contribution in [3.05, 3.63) is 62.5 Å². The number of pyridine rings is 2. The number of aryl methyl sites for hydroxylation is 1. The molecule has 1 saturated heterocycles. The Morgan fingerprint density at radius 3 is 2.87 bits per heavy atom. The van der Waals surface area contributed by atoms with Gasteiger partial charge in [0.1, 0.15) is 6.10 Å². The zero-order valence-corrected chi connectivity index (χ0v) is 17.5. The Morgan fingerprint density at radius 1 is 1.30 bits per heavy atom. The molecule has 0 bridgehead atoms. The molecule has 3 heterocycles. The summed E-state index contributed by atoms with van der Waals surface area (Å²) in [6, 6.07) is 8.67. The quantitative estimate of drug-likeness (QED) is 0.798. The minimum Gasteiger partial charge on any atom is -0.472 e. The van der Waals surface area contributed by atoms with Gasteiger partial charge in [-0.3, -0.25) is 9.69 Å². The van der Waals surface area contributed by atoms with E-state index in [-0.39, 0.29) is 11.7 Å². The summed E-state index contributed by atoms with van der Waals surface area (Å²) in [7, 11) is 0. The lowest BCUT2D eigenvalue weighted by atomic mass is 9.97. The van der Waals surface area contributed by atoms with Crippen LogP contribution in [0.4, 0.5) is 0 Å². The van der Waals surface area contributed by atoms with Gasteiger partial charge in [0.15, 0.2) is 0 Å².